The minimum absolute atomic E-state index is 0.0108. The maximum atomic E-state index is 12.4. The van der Waals surface area contributed by atoms with E-state index in [1.807, 2.05) is 4.72 Å². The van der Waals surface area contributed by atoms with Crippen LogP contribution in [0, 0.1) is 0 Å². The van der Waals surface area contributed by atoms with E-state index in [0.29, 0.717) is 16.4 Å². The van der Waals surface area contributed by atoms with Gasteiger partial charge in [0.25, 0.3) is 15.9 Å². The topological polar surface area (TPSA) is 94.0 Å². The summed E-state index contributed by atoms with van der Waals surface area (Å²) in [5, 5.41) is 0.418. The average molecular weight is 411 g/mol. The molecule has 1 N–H and O–H groups in total. The molecule has 3 aromatic rings. The van der Waals surface area contributed by atoms with Gasteiger partial charge < -0.3 is 4.57 Å². The first kappa shape index (κ1) is 18.4. The number of carbonyl (C=O) groups excluding carboxylic acids is 1. The monoisotopic (exact) mass is 410 g/mol. The Morgan fingerprint density at radius 3 is 2.58 bits per heavy atom. The zero-order valence-corrected chi connectivity index (χ0v) is 15.7. The lowest BCUT2D eigenvalue weighted by atomic mass is 10.3. The molecule has 7 nitrogen and oxygen atoms in total. The van der Waals surface area contributed by atoms with Crippen LogP contribution in [-0.4, -0.2) is 28.9 Å². The van der Waals surface area contributed by atoms with Crippen molar-refractivity contribution in [2.24, 2.45) is 7.05 Å². The minimum atomic E-state index is -4.13. The van der Waals surface area contributed by atoms with Crippen LogP contribution >= 0.6 is 23.2 Å². The molecule has 3 rings (SSSR count). The van der Waals surface area contributed by atoms with Crippen LogP contribution in [0.4, 0.5) is 0 Å². The van der Waals surface area contributed by atoms with Crippen LogP contribution < -0.4 is 4.72 Å². The molecule has 0 saturated heterocycles. The van der Waals surface area contributed by atoms with Crippen molar-refractivity contribution in [2.75, 3.05) is 0 Å². The quantitative estimate of drug-likeness (QED) is 0.713. The van der Waals surface area contributed by atoms with E-state index < -0.39 is 15.9 Å². The van der Waals surface area contributed by atoms with Crippen molar-refractivity contribution < 1.29 is 13.2 Å². The average Bonchev–Trinajstić information content (AvgIpc) is 2.97. The van der Waals surface area contributed by atoms with Gasteiger partial charge in [0, 0.05) is 25.6 Å². The first-order valence-electron chi connectivity index (χ1n) is 7.24. The summed E-state index contributed by atoms with van der Waals surface area (Å²) in [6, 6.07) is 7.41. The van der Waals surface area contributed by atoms with Gasteiger partial charge >= 0.3 is 0 Å². The predicted molar refractivity (Wildman–Crippen MR) is 97.6 cm³/mol. The van der Waals surface area contributed by atoms with Gasteiger partial charge in [-0.2, -0.15) is 0 Å². The minimum Gasteiger partial charge on any atom is -0.333 e. The van der Waals surface area contributed by atoms with Crippen LogP contribution in [0.1, 0.15) is 10.5 Å². The maximum Gasteiger partial charge on any atom is 0.285 e. The Balaban J connectivity index is 1.91. The first-order chi connectivity index (χ1) is 12.3. The molecule has 0 radical (unpaired) electrons. The lowest BCUT2D eigenvalue weighted by Crippen LogP contribution is -2.31. The summed E-state index contributed by atoms with van der Waals surface area (Å²) in [5.74, 6) is -0.504. The lowest BCUT2D eigenvalue weighted by molar-refractivity contribution is 0.0977. The number of rotatable bonds is 4. The summed E-state index contributed by atoms with van der Waals surface area (Å²) in [6.07, 6.45) is 4.43. The van der Waals surface area contributed by atoms with Gasteiger partial charge in [-0.1, -0.05) is 35.3 Å². The van der Waals surface area contributed by atoms with Gasteiger partial charge in [0.1, 0.15) is 16.4 Å². The number of halogens is 2. The van der Waals surface area contributed by atoms with Gasteiger partial charge in [-0.25, -0.2) is 18.1 Å². The van der Waals surface area contributed by atoms with Crippen molar-refractivity contribution in [2.45, 2.75) is 4.90 Å². The smallest absolute Gasteiger partial charge is 0.285 e. The van der Waals surface area contributed by atoms with E-state index in [-0.39, 0.29) is 15.6 Å². The van der Waals surface area contributed by atoms with Crippen LogP contribution in [-0.2, 0) is 17.1 Å². The number of benzene rings is 1. The number of imidazole rings is 1. The Morgan fingerprint density at radius 1 is 1.15 bits per heavy atom. The standard InChI is InChI=1S/C16H12Cl2N4O3S/c1-22-9-13(20-15(22)10-8-19-7-6-11(10)17)16(23)21-26(24,25)14-5-3-2-4-12(14)18/h2-9H,1H3,(H,21,23). The third-order valence-electron chi connectivity index (χ3n) is 3.47. The predicted octanol–water partition coefficient (Wildman–Crippen LogP) is 2.91. The molecule has 0 saturated carbocycles. The number of hydrogen-bond acceptors (Lipinski definition) is 5. The number of nitrogens with one attached hydrogen (secondary N) is 1. The second-order valence-corrected chi connectivity index (χ2v) is 7.75. The third-order valence-corrected chi connectivity index (χ3v) is 5.63. The van der Waals surface area contributed by atoms with E-state index in [1.54, 1.807) is 23.7 Å². The van der Waals surface area contributed by atoms with Crippen molar-refractivity contribution in [1.29, 1.82) is 0 Å². The molecule has 0 aliphatic heterocycles. The molecular weight excluding hydrogens is 399 g/mol. The molecular formula is C16H12Cl2N4O3S. The van der Waals surface area contributed by atoms with Crippen LogP contribution in [0.25, 0.3) is 11.4 Å². The van der Waals surface area contributed by atoms with Gasteiger partial charge in [-0.05, 0) is 18.2 Å². The van der Waals surface area contributed by atoms with Crippen LogP contribution in [0.2, 0.25) is 10.0 Å². The van der Waals surface area contributed by atoms with Gasteiger partial charge in [0.2, 0.25) is 0 Å². The van der Waals surface area contributed by atoms with E-state index in [1.165, 1.54) is 36.8 Å². The molecule has 0 bridgehead atoms. The van der Waals surface area contributed by atoms with Gasteiger partial charge in [-0.15, -0.1) is 0 Å². The number of nitrogens with zero attached hydrogens (tertiary/aromatic N) is 3. The molecule has 26 heavy (non-hydrogen) atoms. The van der Waals surface area contributed by atoms with Crippen molar-refractivity contribution in [1.82, 2.24) is 19.3 Å². The Labute approximate surface area is 159 Å². The number of carbonyl (C=O) groups is 1. The molecule has 0 aliphatic carbocycles. The molecule has 2 heterocycles. The molecule has 2 aromatic heterocycles. The molecule has 0 unspecified atom stereocenters. The molecule has 10 heteroatoms. The largest absolute Gasteiger partial charge is 0.333 e. The van der Waals surface area contributed by atoms with E-state index in [9.17, 15) is 13.2 Å². The van der Waals surface area contributed by atoms with E-state index in [4.69, 9.17) is 23.2 Å². The fourth-order valence-electron chi connectivity index (χ4n) is 2.26. The zero-order valence-electron chi connectivity index (χ0n) is 13.3. The van der Waals surface area contributed by atoms with Crippen molar-refractivity contribution >= 4 is 39.1 Å². The maximum absolute atomic E-state index is 12.4. The second-order valence-electron chi connectivity index (χ2n) is 5.28. The molecule has 0 atom stereocenters. The van der Waals surface area contributed by atoms with Crippen molar-refractivity contribution in [3.63, 3.8) is 0 Å². The number of amides is 1. The molecule has 0 fully saturated rings. The number of aryl methyl sites for hydroxylation is 1. The van der Waals surface area contributed by atoms with E-state index in [2.05, 4.69) is 9.97 Å². The molecule has 134 valence electrons. The van der Waals surface area contributed by atoms with Gasteiger partial charge in [-0.3, -0.25) is 9.78 Å². The van der Waals surface area contributed by atoms with Crippen molar-refractivity contribution in [3.05, 3.63) is 64.7 Å². The molecule has 1 amide bonds. The summed E-state index contributed by atoms with van der Waals surface area (Å²) in [7, 11) is -2.48. The van der Waals surface area contributed by atoms with Crippen LogP contribution in [0.3, 0.4) is 0 Å². The van der Waals surface area contributed by atoms with Crippen LogP contribution in [0.15, 0.2) is 53.8 Å². The third kappa shape index (κ3) is 3.57. The number of hydrogen-bond donors (Lipinski definition) is 1. The Hall–Kier alpha value is -2.42. The molecule has 1 aromatic carbocycles. The fourth-order valence-corrected chi connectivity index (χ4v) is 3.93. The first-order valence-corrected chi connectivity index (χ1v) is 9.48. The number of sulfonamides is 1. The van der Waals surface area contributed by atoms with Crippen molar-refractivity contribution in [3.8, 4) is 11.4 Å². The fraction of sp³-hybridized carbons (Fsp3) is 0.0625. The van der Waals surface area contributed by atoms with Crippen LogP contribution in [0.5, 0.6) is 0 Å². The Morgan fingerprint density at radius 2 is 1.88 bits per heavy atom. The lowest BCUT2D eigenvalue weighted by Gasteiger charge is -2.06. The summed E-state index contributed by atoms with van der Waals surface area (Å²) >= 11 is 12.0. The highest BCUT2D eigenvalue weighted by Gasteiger charge is 2.23. The highest BCUT2D eigenvalue weighted by molar-refractivity contribution is 7.90. The zero-order chi connectivity index (χ0) is 18.9. The van der Waals surface area contributed by atoms with Gasteiger partial charge in [0.05, 0.1) is 15.6 Å². The SMILES string of the molecule is Cn1cc(C(=O)NS(=O)(=O)c2ccccc2Cl)nc1-c1cnccc1Cl. The molecule has 0 aliphatic rings. The summed E-state index contributed by atoms with van der Waals surface area (Å²) in [6.45, 7) is 0. The summed E-state index contributed by atoms with van der Waals surface area (Å²) < 4.78 is 28.3. The Bertz CT molecular complexity index is 1100. The Kier molecular flexibility index (Phi) is 4.99. The van der Waals surface area contributed by atoms with E-state index in [0.717, 1.165) is 0 Å². The number of aromatic nitrogens is 3. The highest BCUT2D eigenvalue weighted by Crippen LogP contribution is 2.26. The summed E-state index contributed by atoms with van der Waals surface area (Å²) in [4.78, 5) is 20.3. The second kappa shape index (κ2) is 7.06. The number of pyridine rings is 1. The highest BCUT2D eigenvalue weighted by atomic mass is 35.5. The summed E-state index contributed by atoms with van der Waals surface area (Å²) in [5.41, 5.74) is 0.433. The van der Waals surface area contributed by atoms with E-state index >= 15 is 0 Å². The normalized spacial score (nSPS) is 11.3. The van der Waals surface area contributed by atoms with Gasteiger partial charge in [0.15, 0.2) is 0 Å². The molecule has 0 spiro atoms.